The van der Waals surface area contributed by atoms with E-state index in [4.69, 9.17) is 16.3 Å². The zero-order valence-corrected chi connectivity index (χ0v) is 18.1. The molecule has 4 rings (SSSR count). The van der Waals surface area contributed by atoms with Gasteiger partial charge in [0.25, 0.3) is 0 Å². The van der Waals surface area contributed by atoms with Crippen molar-refractivity contribution in [1.82, 2.24) is 10.6 Å². The Balaban J connectivity index is 1.80. The molecule has 0 radical (unpaired) electrons. The Morgan fingerprint density at radius 2 is 1.62 bits per heavy atom. The first kappa shape index (κ1) is 23.6. The average Bonchev–Trinajstić information content (AvgIpc) is 2.79. The molecule has 1 aliphatic rings. The quantitative estimate of drug-likeness (QED) is 0.465. The third-order valence-electron chi connectivity index (χ3n) is 5.42. The molecule has 0 bridgehead atoms. The minimum Gasteiger partial charge on any atom is -0.457 e. The summed E-state index contributed by atoms with van der Waals surface area (Å²) in [6.07, 6.45) is -5.29. The molecule has 34 heavy (non-hydrogen) atoms. The van der Waals surface area contributed by atoms with E-state index in [1.54, 1.807) is 36.4 Å². The van der Waals surface area contributed by atoms with Crippen LogP contribution < -0.4 is 15.4 Å². The van der Waals surface area contributed by atoms with Crippen molar-refractivity contribution in [1.29, 1.82) is 0 Å². The Labute approximate surface area is 197 Å². The van der Waals surface area contributed by atoms with E-state index in [1.165, 1.54) is 42.5 Å². The molecular weight excluding hydrogens is 473 g/mol. The third kappa shape index (κ3) is 4.71. The van der Waals surface area contributed by atoms with Gasteiger partial charge in [-0.1, -0.05) is 54.1 Å². The first-order valence-corrected chi connectivity index (χ1v) is 10.5. The summed E-state index contributed by atoms with van der Waals surface area (Å²) in [5.74, 6) is -3.62. The van der Waals surface area contributed by atoms with Crippen molar-refractivity contribution in [3.8, 4) is 11.5 Å². The Hall–Kier alpha value is -3.56. The molecule has 10 heteroatoms. The summed E-state index contributed by atoms with van der Waals surface area (Å²) >= 11 is 5.86. The van der Waals surface area contributed by atoms with Crippen LogP contribution in [0, 0.1) is 5.92 Å². The number of hydrogen-bond donors (Lipinski definition) is 3. The number of halogens is 4. The number of hydrogen-bond acceptors (Lipinski definition) is 4. The maximum atomic E-state index is 13.7. The Morgan fingerprint density at radius 3 is 2.26 bits per heavy atom. The molecule has 1 fully saturated rings. The maximum absolute atomic E-state index is 13.7. The van der Waals surface area contributed by atoms with Crippen molar-refractivity contribution in [3.63, 3.8) is 0 Å². The van der Waals surface area contributed by atoms with E-state index in [2.05, 4.69) is 10.6 Å². The van der Waals surface area contributed by atoms with Gasteiger partial charge in [-0.2, -0.15) is 13.2 Å². The zero-order valence-electron chi connectivity index (χ0n) is 17.3. The SMILES string of the molecule is O=C1N[C@H](c2cccc(Oc3ccccc3)c2)[C@@H](C(=O)C(F)(F)F)[C@@](O)(c2ccc(Cl)cc2)N1. The lowest BCUT2D eigenvalue weighted by atomic mass is 9.76. The number of carbonyl (C=O) groups excluding carboxylic acids is 2. The van der Waals surface area contributed by atoms with Crippen LogP contribution in [-0.2, 0) is 10.5 Å². The van der Waals surface area contributed by atoms with Gasteiger partial charge in [-0.15, -0.1) is 0 Å². The summed E-state index contributed by atoms with van der Waals surface area (Å²) in [6.45, 7) is 0. The number of ether oxygens (including phenoxy) is 1. The topological polar surface area (TPSA) is 87.7 Å². The van der Waals surface area contributed by atoms with E-state index in [0.29, 0.717) is 5.75 Å². The number of nitrogens with one attached hydrogen (secondary N) is 2. The van der Waals surface area contributed by atoms with Crippen molar-refractivity contribution >= 4 is 23.4 Å². The largest absolute Gasteiger partial charge is 0.457 e. The molecule has 0 unspecified atom stereocenters. The molecule has 0 spiro atoms. The number of amides is 2. The fourth-order valence-electron chi connectivity index (χ4n) is 3.90. The molecule has 3 N–H and O–H groups in total. The summed E-state index contributed by atoms with van der Waals surface area (Å²) in [5, 5.41) is 16.1. The van der Waals surface area contributed by atoms with Crippen LogP contribution in [0.5, 0.6) is 11.5 Å². The maximum Gasteiger partial charge on any atom is 0.450 e. The minimum atomic E-state index is -5.29. The number of para-hydroxylation sites is 1. The number of urea groups is 1. The molecule has 2 amide bonds. The van der Waals surface area contributed by atoms with E-state index in [0.717, 1.165) is 0 Å². The van der Waals surface area contributed by atoms with Gasteiger partial charge in [0.15, 0.2) is 5.72 Å². The van der Waals surface area contributed by atoms with Crippen LogP contribution in [0.3, 0.4) is 0 Å². The number of aliphatic hydroxyl groups is 1. The minimum absolute atomic E-state index is 0.129. The Morgan fingerprint density at radius 1 is 0.971 bits per heavy atom. The lowest BCUT2D eigenvalue weighted by molar-refractivity contribution is -0.190. The van der Waals surface area contributed by atoms with Crippen molar-refractivity contribution in [2.75, 3.05) is 0 Å². The molecule has 176 valence electrons. The highest BCUT2D eigenvalue weighted by Gasteiger charge is 2.59. The first-order chi connectivity index (χ1) is 16.1. The van der Waals surface area contributed by atoms with Gasteiger partial charge in [0, 0.05) is 10.6 Å². The van der Waals surface area contributed by atoms with Gasteiger partial charge in [-0.05, 0) is 42.0 Å². The molecule has 6 nitrogen and oxygen atoms in total. The fraction of sp³-hybridized carbons (Fsp3) is 0.167. The van der Waals surface area contributed by atoms with Crippen LogP contribution in [0.1, 0.15) is 17.2 Å². The summed E-state index contributed by atoms with van der Waals surface area (Å²) in [7, 11) is 0. The second-order valence-corrected chi connectivity index (χ2v) is 8.11. The fourth-order valence-corrected chi connectivity index (χ4v) is 4.02. The van der Waals surface area contributed by atoms with Gasteiger partial charge >= 0.3 is 12.2 Å². The van der Waals surface area contributed by atoms with Crippen LogP contribution in [0.4, 0.5) is 18.0 Å². The van der Waals surface area contributed by atoms with Crippen LogP contribution in [0.2, 0.25) is 5.02 Å². The average molecular weight is 491 g/mol. The normalized spacial score (nSPS) is 22.4. The van der Waals surface area contributed by atoms with Crippen LogP contribution in [0.25, 0.3) is 0 Å². The number of alkyl halides is 3. The smallest absolute Gasteiger partial charge is 0.450 e. The van der Waals surface area contributed by atoms with E-state index in [1.807, 2.05) is 0 Å². The van der Waals surface area contributed by atoms with Crippen LogP contribution in [0.15, 0.2) is 78.9 Å². The summed E-state index contributed by atoms with van der Waals surface area (Å²) in [6, 6.07) is 17.3. The highest BCUT2D eigenvalue weighted by Crippen LogP contribution is 2.43. The molecule has 1 heterocycles. The van der Waals surface area contributed by atoms with E-state index < -0.39 is 35.7 Å². The molecule has 0 aromatic heterocycles. The summed E-state index contributed by atoms with van der Waals surface area (Å²) in [5.41, 5.74) is -2.66. The highest BCUT2D eigenvalue weighted by molar-refractivity contribution is 6.30. The molecule has 3 atom stereocenters. The van der Waals surface area contributed by atoms with E-state index >= 15 is 0 Å². The van der Waals surface area contributed by atoms with E-state index in [9.17, 15) is 27.9 Å². The number of benzene rings is 3. The van der Waals surface area contributed by atoms with Crippen LogP contribution >= 0.6 is 11.6 Å². The molecule has 0 aliphatic carbocycles. The summed E-state index contributed by atoms with van der Waals surface area (Å²) < 4.78 is 46.7. The van der Waals surface area contributed by atoms with Gasteiger partial charge in [0.2, 0.25) is 5.78 Å². The highest BCUT2D eigenvalue weighted by atomic mass is 35.5. The molecular formula is C24H18ClF3N2O4. The second kappa shape index (κ2) is 9.00. The van der Waals surface area contributed by atoms with Gasteiger partial charge in [-0.25, -0.2) is 4.79 Å². The van der Waals surface area contributed by atoms with Crippen molar-refractivity contribution in [2.45, 2.75) is 17.9 Å². The number of carbonyl (C=O) groups is 2. The van der Waals surface area contributed by atoms with Gasteiger partial charge in [0.05, 0.1) is 6.04 Å². The van der Waals surface area contributed by atoms with Crippen LogP contribution in [-0.4, -0.2) is 23.1 Å². The molecule has 1 saturated heterocycles. The lowest BCUT2D eigenvalue weighted by Crippen LogP contribution is -2.66. The number of ketones is 1. The molecule has 0 saturated carbocycles. The Bertz CT molecular complexity index is 1200. The van der Waals surface area contributed by atoms with Crippen molar-refractivity contribution in [2.24, 2.45) is 5.92 Å². The number of rotatable bonds is 5. The molecule has 1 aliphatic heterocycles. The van der Waals surface area contributed by atoms with Gasteiger partial charge in [0.1, 0.15) is 17.4 Å². The van der Waals surface area contributed by atoms with Crippen molar-refractivity contribution < 1.29 is 32.6 Å². The van der Waals surface area contributed by atoms with E-state index in [-0.39, 0.29) is 21.9 Å². The van der Waals surface area contributed by atoms with Crippen molar-refractivity contribution in [3.05, 3.63) is 95.0 Å². The second-order valence-electron chi connectivity index (χ2n) is 7.68. The summed E-state index contributed by atoms with van der Waals surface area (Å²) in [4.78, 5) is 25.1. The standard InChI is InChI=1S/C24H18ClF3N2O4/c25-16-11-9-15(10-12-16)23(33)19(21(31)24(26,27)28)20(29-22(32)30-23)14-5-4-8-18(13-14)34-17-6-2-1-3-7-17/h1-13,19-20,33H,(H2,29,30,32)/t19-,20+,23-/m0/s1. The first-order valence-electron chi connectivity index (χ1n) is 10.1. The lowest BCUT2D eigenvalue weighted by Gasteiger charge is -2.45. The van der Waals surface area contributed by atoms with Gasteiger partial charge in [-0.3, -0.25) is 4.79 Å². The van der Waals surface area contributed by atoms with Gasteiger partial charge < -0.3 is 20.5 Å². The molecule has 3 aromatic rings. The predicted octanol–water partition coefficient (Wildman–Crippen LogP) is 5.08. The number of Topliss-reactive ketones (excluding diaryl/α,β-unsaturated/α-hetero) is 1. The zero-order chi connectivity index (χ0) is 24.5. The predicted molar refractivity (Wildman–Crippen MR) is 117 cm³/mol. The Kier molecular flexibility index (Phi) is 6.24. The third-order valence-corrected chi connectivity index (χ3v) is 5.67. The molecule has 3 aromatic carbocycles. The monoisotopic (exact) mass is 490 g/mol.